The molecular weight excluding hydrogens is 196 g/mol. The molecule has 0 radical (unpaired) electrons. The third-order valence-electron chi connectivity index (χ3n) is 3.54. The van der Waals surface area contributed by atoms with Crippen molar-refractivity contribution in [3.8, 4) is 0 Å². The van der Waals surface area contributed by atoms with Crippen LogP contribution >= 0.6 is 0 Å². The van der Waals surface area contributed by atoms with E-state index in [1.54, 1.807) is 0 Å². The van der Waals surface area contributed by atoms with Gasteiger partial charge in [-0.2, -0.15) is 0 Å². The first-order valence-electron chi connectivity index (χ1n) is 5.25. The van der Waals surface area contributed by atoms with Gasteiger partial charge < -0.3 is 5.73 Å². The van der Waals surface area contributed by atoms with Crippen LogP contribution in [-0.4, -0.2) is 6.54 Å². The van der Waals surface area contributed by atoms with Crippen molar-refractivity contribution in [2.24, 2.45) is 5.73 Å². The summed E-state index contributed by atoms with van der Waals surface area (Å²) in [6.45, 7) is 2.33. The number of hydrogen-bond donors (Lipinski definition) is 1. The number of halogens is 2. The smallest absolute Gasteiger partial charge is 0.159 e. The largest absolute Gasteiger partial charge is 0.330 e. The van der Waals surface area contributed by atoms with Crippen LogP contribution in [-0.2, 0) is 5.41 Å². The van der Waals surface area contributed by atoms with Crippen molar-refractivity contribution in [1.29, 1.82) is 0 Å². The fraction of sp³-hybridized carbons (Fsp3) is 0.500. The molecule has 82 valence electrons. The summed E-state index contributed by atoms with van der Waals surface area (Å²) in [7, 11) is 0. The summed E-state index contributed by atoms with van der Waals surface area (Å²) in [5.41, 5.74) is 7.33. The fourth-order valence-electron chi connectivity index (χ4n) is 2.40. The van der Waals surface area contributed by atoms with Gasteiger partial charge in [0.05, 0.1) is 0 Å². The van der Waals surface area contributed by atoms with Gasteiger partial charge in [0.15, 0.2) is 11.6 Å². The minimum atomic E-state index is -0.775. The molecular formula is C12H15F2N. The zero-order chi connectivity index (χ0) is 11.1. The van der Waals surface area contributed by atoms with Crippen LogP contribution in [0.25, 0.3) is 0 Å². The summed E-state index contributed by atoms with van der Waals surface area (Å²) in [6, 6.07) is 2.58. The van der Waals surface area contributed by atoms with Crippen molar-refractivity contribution in [2.75, 3.05) is 6.54 Å². The molecule has 3 heteroatoms. The van der Waals surface area contributed by atoms with Crippen molar-refractivity contribution in [1.82, 2.24) is 0 Å². The number of benzene rings is 1. The molecule has 0 amide bonds. The van der Waals surface area contributed by atoms with Gasteiger partial charge in [-0.25, -0.2) is 8.78 Å². The molecule has 15 heavy (non-hydrogen) atoms. The lowest BCUT2D eigenvalue weighted by Gasteiger charge is -2.42. The zero-order valence-corrected chi connectivity index (χ0v) is 8.82. The van der Waals surface area contributed by atoms with E-state index < -0.39 is 11.6 Å². The van der Waals surface area contributed by atoms with Crippen molar-refractivity contribution in [3.05, 3.63) is 34.9 Å². The van der Waals surface area contributed by atoms with Gasteiger partial charge >= 0.3 is 0 Å². The van der Waals surface area contributed by atoms with Crippen molar-refractivity contribution < 1.29 is 8.78 Å². The maximum absolute atomic E-state index is 13.2. The molecule has 1 aromatic rings. The molecule has 1 fully saturated rings. The van der Waals surface area contributed by atoms with Gasteiger partial charge in [0.25, 0.3) is 0 Å². The Kier molecular flexibility index (Phi) is 2.51. The molecule has 0 bridgehead atoms. The SMILES string of the molecule is Cc1cc(F)c(F)cc1C1(CN)CCC1. The van der Waals surface area contributed by atoms with Crippen LogP contribution in [0.2, 0.25) is 0 Å². The summed E-state index contributed by atoms with van der Waals surface area (Å²) >= 11 is 0. The van der Waals surface area contributed by atoms with E-state index in [1.165, 1.54) is 12.1 Å². The first kappa shape index (κ1) is 10.6. The van der Waals surface area contributed by atoms with Gasteiger partial charge in [0.1, 0.15) is 0 Å². The molecule has 0 heterocycles. The second-order valence-corrected chi connectivity index (χ2v) is 4.42. The lowest BCUT2D eigenvalue weighted by atomic mass is 9.63. The molecule has 0 atom stereocenters. The van der Waals surface area contributed by atoms with E-state index in [0.717, 1.165) is 30.4 Å². The number of hydrogen-bond acceptors (Lipinski definition) is 1. The number of rotatable bonds is 2. The average molecular weight is 211 g/mol. The second kappa shape index (κ2) is 3.56. The van der Waals surface area contributed by atoms with Gasteiger partial charge in [-0.15, -0.1) is 0 Å². The monoisotopic (exact) mass is 211 g/mol. The van der Waals surface area contributed by atoms with E-state index in [-0.39, 0.29) is 5.41 Å². The molecule has 1 aliphatic carbocycles. The Hall–Kier alpha value is -0.960. The normalized spacial score (nSPS) is 18.7. The maximum atomic E-state index is 13.2. The average Bonchev–Trinajstić information content (AvgIpc) is 2.12. The molecule has 0 aromatic heterocycles. The molecule has 2 N–H and O–H groups in total. The van der Waals surface area contributed by atoms with Gasteiger partial charge in [0.2, 0.25) is 0 Å². The standard InChI is InChI=1S/C12H15F2N/c1-8-5-10(13)11(14)6-9(8)12(7-15)3-2-4-12/h5-6H,2-4,7,15H2,1H3. The predicted molar refractivity (Wildman–Crippen MR) is 55.7 cm³/mol. The van der Waals surface area contributed by atoms with Gasteiger partial charge in [-0.05, 0) is 43.0 Å². The number of nitrogens with two attached hydrogens (primary N) is 1. The highest BCUT2D eigenvalue weighted by atomic mass is 19.2. The summed E-state index contributed by atoms with van der Waals surface area (Å²) in [5, 5.41) is 0. The molecule has 0 aliphatic heterocycles. The van der Waals surface area contributed by atoms with E-state index in [1.807, 2.05) is 6.92 Å². The summed E-state index contributed by atoms with van der Waals surface area (Å²) in [5.74, 6) is -1.54. The van der Waals surface area contributed by atoms with Crippen molar-refractivity contribution >= 4 is 0 Å². The third-order valence-corrected chi connectivity index (χ3v) is 3.54. The Morgan fingerprint density at radius 3 is 2.33 bits per heavy atom. The maximum Gasteiger partial charge on any atom is 0.159 e. The van der Waals surface area contributed by atoms with E-state index >= 15 is 0 Å². The van der Waals surface area contributed by atoms with Crippen LogP contribution in [0.15, 0.2) is 12.1 Å². The minimum Gasteiger partial charge on any atom is -0.330 e. The Bertz CT molecular complexity index is 378. The molecule has 1 aliphatic rings. The van der Waals surface area contributed by atoms with Crippen LogP contribution in [0, 0.1) is 18.6 Å². The highest BCUT2D eigenvalue weighted by Crippen LogP contribution is 2.44. The Balaban J connectivity index is 2.47. The fourth-order valence-corrected chi connectivity index (χ4v) is 2.40. The van der Waals surface area contributed by atoms with Crippen LogP contribution in [0.1, 0.15) is 30.4 Å². The first-order valence-corrected chi connectivity index (χ1v) is 5.25. The van der Waals surface area contributed by atoms with E-state index in [4.69, 9.17) is 5.73 Å². The Morgan fingerprint density at radius 1 is 1.27 bits per heavy atom. The van der Waals surface area contributed by atoms with Gasteiger partial charge in [-0.3, -0.25) is 0 Å². The summed E-state index contributed by atoms with van der Waals surface area (Å²) < 4.78 is 26.1. The second-order valence-electron chi connectivity index (χ2n) is 4.42. The van der Waals surface area contributed by atoms with Crippen LogP contribution in [0.3, 0.4) is 0 Å². The molecule has 1 nitrogen and oxygen atoms in total. The van der Waals surface area contributed by atoms with Gasteiger partial charge in [0, 0.05) is 12.0 Å². The van der Waals surface area contributed by atoms with Gasteiger partial charge in [-0.1, -0.05) is 6.42 Å². The van der Waals surface area contributed by atoms with E-state index in [2.05, 4.69) is 0 Å². The summed E-state index contributed by atoms with van der Waals surface area (Å²) in [6.07, 6.45) is 3.08. The first-order chi connectivity index (χ1) is 7.09. The van der Waals surface area contributed by atoms with Crippen LogP contribution < -0.4 is 5.73 Å². The molecule has 1 saturated carbocycles. The Morgan fingerprint density at radius 2 is 1.87 bits per heavy atom. The lowest BCUT2D eigenvalue weighted by molar-refractivity contribution is 0.250. The lowest BCUT2D eigenvalue weighted by Crippen LogP contribution is -2.42. The highest BCUT2D eigenvalue weighted by molar-refractivity contribution is 5.36. The van der Waals surface area contributed by atoms with Crippen molar-refractivity contribution in [2.45, 2.75) is 31.6 Å². The highest BCUT2D eigenvalue weighted by Gasteiger charge is 2.38. The number of aryl methyl sites for hydroxylation is 1. The van der Waals surface area contributed by atoms with Crippen LogP contribution in [0.5, 0.6) is 0 Å². The molecule has 0 unspecified atom stereocenters. The summed E-state index contributed by atoms with van der Waals surface area (Å²) in [4.78, 5) is 0. The molecule has 1 aromatic carbocycles. The third kappa shape index (κ3) is 1.55. The predicted octanol–water partition coefficient (Wildman–Crippen LogP) is 2.65. The Labute approximate surface area is 88.3 Å². The topological polar surface area (TPSA) is 26.0 Å². The zero-order valence-electron chi connectivity index (χ0n) is 8.82. The molecule has 0 saturated heterocycles. The van der Waals surface area contributed by atoms with Crippen molar-refractivity contribution in [3.63, 3.8) is 0 Å². The molecule has 0 spiro atoms. The van der Waals surface area contributed by atoms with E-state index in [0.29, 0.717) is 6.54 Å². The van der Waals surface area contributed by atoms with E-state index in [9.17, 15) is 8.78 Å². The van der Waals surface area contributed by atoms with Crippen LogP contribution in [0.4, 0.5) is 8.78 Å². The minimum absolute atomic E-state index is 0.0986. The molecule has 2 rings (SSSR count). The quantitative estimate of drug-likeness (QED) is 0.799.